The maximum absolute atomic E-state index is 12.0. The lowest BCUT2D eigenvalue weighted by molar-refractivity contribution is 0.111. The van der Waals surface area contributed by atoms with Gasteiger partial charge in [0.2, 0.25) is 0 Å². The Morgan fingerprint density at radius 1 is 1.04 bits per heavy atom. The molecule has 0 saturated heterocycles. The van der Waals surface area contributed by atoms with Crippen LogP contribution in [0.4, 0.5) is 0 Å². The lowest BCUT2D eigenvalue weighted by Gasteiger charge is -2.09. The molecule has 0 saturated carbocycles. The van der Waals surface area contributed by atoms with Crippen LogP contribution >= 0.6 is 11.3 Å². The van der Waals surface area contributed by atoms with Crippen molar-refractivity contribution in [2.75, 3.05) is 0 Å². The molecule has 4 rings (SSSR count). The summed E-state index contributed by atoms with van der Waals surface area (Å²) in [5.74, 6) is 0.496. The number of aryl methyl sites for hydroxylation is 1. The molecular weight excluding hydrogens is 352 g/mol. The Morgan fingerprint density at radius 2 is 1.74 bits per heavy atom. The van der Waals surface area contributed by atoms with Crippen molar-refractivity contribution in [2.45, 2.75) is 33.1 Å². The van der Waals surface area contributed by atoms with Crippen molar-refractivity contribution in [3.63, 3.8) is 0 Å². The Balaban J connectivity index is 1.96. The summed E-state index contributed by atoms with van der Waals surface area (Å²) in [7, 11) is 0. The first-order chi connectivity index (χ1) is 13.1. The van der Waals surface area contributed by atoms with Crippen molar-refractivity contribution >= 4 is 22.6 Å². The first kappa shape index (κ1) is 17.7. The van der Waals surface area contributed by atoms with E-state index in [2.05, 4.69) is 45.0 Å². The van der Waals surface area contributed by atoms with Gasteiger partial charge in [0.1, 0.15) is 11.4 Å². The predicted octanol–water partition coefficient (Wildman–Crippen LogP) is 6.23. The number of imidazole rings is 1. The Kier molecular flexibility index (Phi) is 4.66. The zero-order valence-corrected chi connectivity index (χ0v) is 16.6. The summed E-state index contributed by atoms with van der Waals surface area (Å²) in [6, 6.07) is 18.6. The minimum Gasteiger partial charge on any atom is -0.296 e. The molecule has 0 atom stereocenters. The quantitative estimate of drug-likeness (QED) is 0.388. The Hall–Kier alpha value is -2.72. The van der Waals surface area contributed by atoms with Crippen LogP contribution in [0.25, 0.3) is 27.5 Å². The van der Waals surface area contributed by atoms with E-state index in [0.717, 1.165) is 40.2 Å². The normalized spacial score (nSPS) is 11.4. The highest BCUT2D eigenvalue weighted by Crippen LogP contribution is 2.36. The van der Waals surface area contributed by atoms with E-state index in [-0.39, 0.29) is 0 Å². The van der Waals surface area contributed by atoms with E-state index in [9.17, 15) is 4.79 Å². The maximum atomic E-state index is 12.0. The smallest absolute Gasteiger partial charge is 0.195 e. The molecule has 3 nitrogen and oxygen atoms in total. The van der Waals surface area contributed by atoms with Crippen LogP contribution in [0.15, 0.2) is 54.6 Å². The van der Waals surface area contributed by atoms with Crippen molar-refractivity contribution in [3.8, 4) is 22.5 Å². The van der Waals surface area contributed by atoms with Crippen molar-refractivity contribution < 1.29 is 4.79 Å². The SMILES string of the molecule is CCc1sc2nc(-c3ccccc3)c(C=O)n2c1-c1ccc(C(C)C)cc1. The molecular formula is C23H22N2OS. The molecule has 0 amide bonds. The number of hydrogen-bond acceptors (Lipinski definition) is 3. The Morgan fingerprint density at radius 3 is 2.33 bits per heavy atom. The molecule has 4 heteroatoms. The lowest BCUT2D eigenvalue weighted by atomic mass is 10.0. The number of carbonyl (C=O) groups excluding carboxylic acids is 1. The number of fused-ring (bicyclic) bond motifs is 1. The van der Waals surface area contributed by atoms with E-state index < -0.39 is 0 Å². The number of aromatic nitrogens is 2. The molecule has 27 heavy (non-hydrogen) atoms. The zero-order chi connectivity index (χ0) is 19.0. The molecule has 0 unspecified atom stereocenters. The molecule has 2 aromatic carbocycles. The molecule has 0 fully saturated rings. The second-order valence-electron chi connectivity index (χ2n) is 6.95. The summed E-state index contributed by atoms with van der Waals surface area (Å²) in [5, 5.41) is 0. The standard InChI is InChI=1S/C23H22N2OS/c1-4-20-22(18-12-10-16(11-13-18)15(2)3)25-19(14-26)21(24-23(25)27-20)17-8-6-5-7-9-17/h5-15H,4H2,1-3H3. The van der Waals surface area contributed by atoms with Gasteiger partial charge >= 0.3 is 0 Å². The largest absolute Gasteiger partial charge is 0.296 e. The van der Waals surface area contributed by atoms with Crippen molar-refractivity contribution in [1.82, 2.24) is 9.38 Å². The van der Waals surface area contributed by atoms with Crippen molar-refractivity contribution in [2.24, 2.45) is 0 Å². The molecule has 0 aliphatic heterocycles. The lowest BCUT2D eigenvalue weighted by Crippen LogP contribution is -1.97. The van der Waals surface area contributed by atoms with Gasteiger partial charge in [0, 0.05) is 10.4 Å². The molecule has 2 aromatic heterocycles. The Labute approximate surface area is 163 Å². The zero-order valence-electron chi connectivity index (χ0n) is 15.8. The second kappa shape index (κ2) is 7.12. The summed E-state index contributed by atoms with van der Waals surface area (Å²) >= 11 is 1.67. The van der Waals surface area contributed by atoms with E-state index in [1.165, 1.54) is 10.4 Å². The molecule has 0 aliphatic rings. The van der Waals surface area contributed by atoms with Gasteiger partial charge in [-0.05, 0) is 23.5 Å². The molecule has 0 N–H and O–H groups in total. The van der Waals surface area contributed by atoms with Gasteiger partial charge in [-0.25, -0.2) is 4.98 Å². The molecule has 0 aliphatic carbocycles. The number of carbonyl (C=O) groups is 1. The van der Waals surface area contributed by atoms with Gasteiger partial charge < -0.3 is 0 Å². The topological polar surface area (TPSA) is 34.4 Å². The fraction of sp³-hybridized carbons (Fsp3) is 0.217. The first-order valence-corrected chi connectivity index (χ1v) is 10.1. The third-order valence-electron chi connectivity index (χ3n) is 4.92. The van der Waals surface area contributed by atoms with E-state index in [4.69, 9.17) is 4.98 Å². The van der Waals surface area contributed by atoms with Gasteiger partial charge in [0.25, 0.3) is 0 Å². The number of aldehydes is 1. The van der Waals surface area contributed by atoms with E-state index in [1.807, 2.05) is 34.7 Å². The highest BCUT2D eigenvalue weighted by Gasteiger charge is 2.21. The molecule has 136 valence electrons. The average Bonchev–Trinajstić information content (AvgIpc) is 3.24. The number of hydrogen-bond donors (Lipinski definition) is 0. The number of benzene rings is 2. The van der Waals surface area contributed by atoms with Crippen LogP contribution in [0, 0.1) is 0 Å². The van der Waals surface area contributed by atoms with Crippen molar-refractivity contribution in [3.05, 3.63) is 70.7 Å². The summed E-state index contributed by atoms with van der Waals surface area (Å²) in [6.07, 6.45) is 1.84. The molecule has 0 radical (unpaired) electrons. The highest BCUT2D eigenvalue weighted by molar-refractivity contribution is 7.17. The third kappa shape index (κ3) is 3.00. The van der Waals surface area contributed by atoms with Crippen LogP contribution in [-0.4, -0.2) is 15.7 Å². The fourth-order valence-electron chi connectivity index (χ4n) is 3.45. The summed E-state index contributed by atoms with van der Waals surface area (Å²) in [5.41, 5.74) is 5.87. The fourth-order valence-corrected chi connectivity index (χ4v) is 4.54. The minimum atomic E-state index is 0.496. The van der Waals surface area contributed by atoms with Crippen LogP contribution < -0.4 is 0 Å². The molecule has 0 bridgehead atoms. The molecule has 0 spiro atoms. The number of nitrogens with zero attached hydrogens (tertiary/aromatic N) is 2. The summed E-state index contributed by atoms with van der Waals surface area (Å²) in [6.45, 7) is 6.54. The average molecular weight is 375 g/mol. The van der Waals surface area contributed by atoms with Gasteiger partial charge in [-0.15, -0.1) is 11.3 Å². The van der Waals surface area contributed by atoms with Crippen LogP contribution in [0.1, 0.15) is 47.6 Å². The van der Waals surface area contributed by atoms with Gasteiger partial charge in [-0.1, -0.05) is 75.4 Å². The second-order valence-corrected chi connectivity index (χ2v) is 8.01. The number of rotatable bonds is 5. The van der Waals surface area contributed by atoms with E-state index in [0.29, 0.717) is 11.6 Å². The van der Waals surface area contributed by atoms with E-state index in [1.54, 1.807) is 11.3 Å². The monoisotopic (exact) mass is 374 g/mol. The summed E-state index contributed by atoms with van der Waals surface area (Å²) in [4.78, 5) is 19.0. The molecule has 2 heterocycles. The highest BCUT2D eigenvalue weighted by atomic mass is 32.1. The minimum absolute atomic E-state index is 0.496. The number of thiazole rings is 1. The van der Waals surface area contributed by atoms with Crippen LogP contribution in [0.5, 0.6) is 0 Å². The van der Waals surface area contributed by atoms with E-state index >= 15 is 0 Å². The van der Waals surface area contributed by atoms with Gasteiger partial charge in [0.15, 0.2) is 11.2 Å². The first-order valence-electron chi connectivity index (χ1n) is 9.29. The van der Waals surface area contributed by atoms with Crippen LogP contribution in [0.2, 0.25) is 0 Å². The Bertz CT molecular complexity index is 1090. The van der Waals surface area contributed by atoms with Gasteiger partial charge in [0.05, 0.1) is 5.69 Å². The van der Waals surface area contributed by atoms with Gasteiger partial charge in [-0.2, -0.15) is 0 Å². The predicted molar refractivity (Wildman–Crippen MR) is 113 cm³/mol. The van der Waals surface area contributed by atoms with Gasteiger partial charge in [-0.3, -0.25) is 9.20 Å². The van der Waals surface area contributed by atoms with Crippen LogP contribution in [0.3, 0.4) is 0 Å². The molecule has 4 aromatic rings. The third-order valence-corrected chi connectivity index (χ3v) is 6.10. The van der Waals surface area contributed by atoms with Crippen LogP contribution in [-0.2, 0) is 6.42 Å². The van der Waals surface area contributed by atoms with Crippen molar-refractivity contribution in [1.29, 1.82) is 0 Å². The summed E-state index contributed by atoms with van der Waals surface area (Å²) < 4.78 is 2.03. The maximum Gasteiger partial charge on any atom is 0.195 e.